The van der Waals surface area contributed by atoms with E-state index in [1.807, 2.05) is 30.3 Å². The summed E-state index contributed by atoms with van der Waals surface area (Å²) in [5, 5.41) is 14.5. The summed E-state index contributed by atoms with van der Waals surface area (Å²) in [5.74, 6) is 1.99. The fourth-order valence-electron chi connectivity index (χ4n) is 4.40. The monoisotopic (exact) mass is 474 g/mol. The number of anilines is 2. The zero-order valence-corrected chi connectivity index (χ0v) is 20.2. The number of piperidine rings is 1. The zero-order chi connectivity index (χ0) is 23.3. The molecule has 3 aromatic carbocycles. The zero-order valence-electron chi connectivity index (χ0n) is 19.4. The number of nitrogens with zero attached hydrogens (tertiary/aromatic N) is 1. The minimum atomic E-state index is 0.261. The van der Waals surface area contributed by atoms with Crippen LogP contribution < -0.4 is 14.8 Å². The lowest BCUT2D eigenvalue weighted by molar-refractivity contribution is 0.183. The maximum Gasteiger partial charge on any atom is 0.120 e. The first kappa shape index (κ1) is 22.6. The molecule has 1 fully saturated rings. The van der Waals surface area contributed by atoms with Gasteiger partial charge in [-0.05, 0) is 98.2 Å². The van der Waals surface area contributed by atoms with Crippen molar-refractivity contribution in [2.75, 3.05) is 38.7 Å². The fraction of sp³-hybridized carbons (Fsp3) is 0.286. The minimum absolute atomic E-state index is 0.261. The third-order valence-electron chi connectivity index (χ3n) is 6.28. The predicted octanol–water partition coefficient (Wildman–Crippen LogP) is 6.89. The molecular formula is C28H30N2O3S. The van der Waals surface area contributed by atoms with Crippen molar-refractivity contribution in [1.29, 1.82) is 0 Å². The molecule has 34 heavy (non-hydrogen) atoms. The SMILES string of the molecule is COc1ccc2c(Nc3ccc(OCCN4CCCCC4)cc3)c(-c3ccc(O)cc3)sc2c1. The van der Waals surface area contributed by atoms with E-state index < -0.39 is 0 Å². The average molecular weight is 475 g/mol. The van der Waals surface area contributed by atoms with E-state index in [2.05, 4.69) is 34.5 Å². The number of benzene rings is 3. The van der Waals surface area contributed by atoms with Gasteiger partial charge in [-0.3, -0.25) is 4.90 Å². The first-order chi connectivity index (χ1) is 16.7. The molecule has 1 aliphatic rings. The molecule has 5 nitrogen and oxygen atoms in total. The molecule has 0 aliphatic carbocycles. The number of phenolic OH excluding ortho intramolecular Hbond substituents is 1. The fourth-order valence-corrected chi connectivity index (χ4v) is 5.59. The summed E-state index contributed by atoms with van der Waals surface area (Å²) in [7, 11) is 1.69. The van der Waals surface area contributed by atoms with Gasteiger partial charge in [-0.25, -0.2) is 0 Å². The van der Waals surface area contributed by atoms with Gasteiger partial charge in [0.2, 0.25) is 0 Å². The highest BCUT2D eigenvalue weighted by molar-refractivity contribution is 7.23. The van der Waals surface area contributed by atoms with Crippen molar-refractivity contribution in [3.8, 4) is 27.7 Å². The number of thiophene rings is 1. The molecular weight excluding hydrogens is 444 g/mol. The molecule has 1 saturated heterocycles. The summed E-state index contributed by atoms with van der Waals surface area (Å²) < 4.78 is 12.6. The second-order valence-electron chi connectivity index (χ2n) is 8.62. The highest BCUT2D eigenvalue weighted by Gasteiger charge is 2.15. The van der Waals surface area contributed by atoms with Crippen LogP contribution in [0.4, 0.5) is 11.4 Å². The molecule has 6 heteroatoms. The number of methoxy groups -OCH3 is 1. The number of fused-ring (bicyclic) bond motifs is 1. The molecule has 0 saturated carbocycles. The third kappa shape index (κ3) is 5.13. The molecule has 0 radical (unpaired) electrons. The lowest BCUT2D eigenvalue weighted by atomic mass is 10.1. The van der Waals surface area contributed by atoms with Gasteiger partial charge < -0.3 is 19.9 Å². The van der Waals surface area contributed by atoms with Crippen molar-refractivity contribution >= 4 is 32.8 Å². The van der Waals surface area contributed by atoms with Gasteiger partial charge in [0.05, 0.1) is 17.7 Å². The summed E-state index contributed by atoms with van der Waals surface area (Å²) >= 11 is 1.71. The molecule has 1 aliphatic heterocycles. The normalized spacial score (nSPS) is 14.3. The van der Waals surface area contributed by atoms with E-state index in [0.717, 1.165) is 56.6 Å². The molecule has 0 unspecified atom stereocenters. The largest absolute Gasteiger partial charge is 0.508 e. The average Bonchev–Trinajstić information content (AvgIpc) is 3.23. The van der Waals surface area contributed by atoms with E-state index >= 15 is 0 Å². The standard InChI is InChI=1S/C28H30N2O3S/c1-32-24-13-14-25-26(19-24)34-28(20-5-9-22(31)10-6-20)27(25)29-21-7-11-23(12-8-21)33-18-17-30-15-3-2-4-16-30/h5-14,19,29,31H,2-4,15-18H2,1H3. The van der Waals surface area contributed by atoms with Gasteiger partial charge in [-0.2, -0.15) is 0 Å². The van der Waals surface area contributed by atoms with Gasteiger partial charge in [0, 0.05) is 22.3 Å². The van der Waals surface area contributed by atoms with Crippen molar-refractivity contribution in [2.24, 2.45) is 0 Å². The lowest BCUT2D eigenvalue weighted by Crippen LogP contribution is -2.33. The van der Waals surface area contributed by atoms with E-state index in [1.165, 1.54) is 32.4 Å². The molecule has 0 atom stereocenters. The van der Waals surface area contributed by atoms with Gasteiger partial charge in [0.15, 0.2) is 0 Å². The number of hydrogen-bond acceptors (Lipinski definition) is 6. The summed E-state index contributed by atoms with van der Waals surface area (Å²) in [6.45, 7) is 4.08. The number of likely N-dealkylation sites (tertiary alicyclic amines) is 1. The molecule has 5 rings (SSSR count). The van der Waals surface area contributed by atoms with Gasteiger partial charge in [0.1, 0.15) is 23.9 Å². The highest BCUT2D eigenvalue weighted by atomic mass is 32.1. The van der Waals surface area contributed by atoms with E-state index in [4.69, 9.17) is 9.47 Å². The van der Waals surface area contributed by atoms with Crippen molar-refractivity contribution in [3.05, 3.63) is 66.7 Å². The first-order valence-electron chi connectivity index (χ1n) is 11.8. The maximum absolute atomic E-state index is 9.73. The second-order valence-corrected chi connectivity index (χ2v) is 9.67. The van der Waals surface area contributed by atoms with Crippen LogP contribution in [0.5, 0.6) is 17.2 Å². The van der Waals surface area contributed by atoms with Gasteiger partial charge in [-0.15, -0.1) is 11.3 Å². The van der Waals surface area contributed by atoms with Gasteiger partial charge >= 0.3 is 0 Å². The Hall–Kier alpha value is -3.22. The molecule has 0 bridgehead atoms. The van der Waals surface area contributed by atoms with Crippen molar-refractivity contribution in [2.45, 2.75) is 19.3 Å². The molecule has 1 aromatic heterocycles. The van der Waals surface area contributed by atoms with Crippen LogP contribution in [0.2, 0.25) is 0 Å². The molecule has 2 N–H and O–H groups in total. The van der Waals surface area contributed by atoms with Crippen molar-refractivity contribution in [1.82, 2.24) is 4.90 Å². The van der Waals surface area contributed by atoms with Crippen LogP contribution in [0.1, 0.15) is 19.3 Å². The summed E-state index contributed by atoms with van der Waals surface area (Å²) in [6.07, 6.45) is 3.96. The number of hydrogen-bond donors (Lipinski definition) is 2. The lowest BCUT2D eigenvalue weighted by Gasteiger charge is -2.26. The molecule has 2 heterocycles. The Balaban J connectivity index is 1.35. The predicted molar refractivity (Wildman–Crippen MR) is 141 cm³/mol. The van der Waals surface area contributed by atoms with Crippen LogP contribution in [0, 0.1) is 0 Å². The second kappa shape index (κ2) is 10.4. The molecule has 0 spiro atoms. The van der Waals surface area contributed by atoms with Crippen LogP contribution in [-0.4, -0.2) is 43.4 Å². The Morgan fingerprint density at radius 1 is 0.912 bits per heavy atom. The quantitative estimate of drug-likeness (QED) is 0.291. The van der Waals surface area contributed by atoms with E-state index in [9.17, 15) is 5.11 Å². The number of ether oxygens (including phenoxy) is 2. The number of aromatic hydroxyl groups is 1. The Kier molecular flexibility index (Phi) is 6.88. The number of phenols is 1. The van der Waals surface area contributed by atoms with Gasteiger partial charge in [0.25, 0.3) is 0 Å². The Morgan fingerprint density at radius 2 is 1.65 bits per heavy atom. The van der Waals surface area contributed by atoms with Crippen LogP contribution in [0.15, 0.2) is 66.7 Å². The van der Waals surface area contributed by atoms with Gasteiger partial charge in [-0.1, -0.05) is 6.42 Å². The number of rotatable bonds is 8. The first-order valence-corrected chi connectivity index (χ1v) is 12.6. The molecule has 0 amide bonds. The van der Waals surface area contributed by atoms with Crippen LogP contribution in [-0.2, 0) is 0 Å². The smallest absolute Gasteiger partial charge is 0.120 e. The summed E-state index contributed by atoms with van der Waals surface area (Å²) in [6, 6.07) is 21.6. The summed E-state index contributed by atoms with van der Waals surface area (Å²) in [5.41, 5.74) is 3.10. The van der Waals surface area contributed by atoms with Crippen LogP contribution >= 0.6 is 11.3 Å². The highest BCUT2D eigenvalue weighted by Crippen LogP contribution is 2.45. The van der Waals surface area contributed by atoms with E-state index in [1.54, 1.807) is 30.6 Å². The molecule has 176 valence electrons. The Bertz CT molecular complexity index is 1230. The molecule has 4 aromatic rings. The van der Waals surface area contributed by atoms with Crippen molar-refractivity contribution < 1.29 is 14.6 Å². The van der Waals surface area contributed by atoms with Crippen molar-refractivity contribution in [3.63, 3.8) is 0 Å². The maximum atomic E-state index is 9.73. The number of nitrogens with one attached hydrogen (secondary N) is 1. The van der Waals surface area contributed by atoms with E-state index in [-0.39, 0.29) is 5.75 Å². The minimum Gasteiger partial charge on any atom is -0.508 e. The Morgan fingerprint density at radius 3 is 2.38 bits per heavy atom. The van der Waals surface area contributed by atoms with E-state index in [0.29, 0.717) is 0 Å². The summed E-state index contributed by atoms with van der Waals surface area (Å²) in [4.78, 5) is 3.60. The van der Waals surface area contributed by atoms with Crippen LogP contribution in [0.25, 0.3) is 20.5 Å². The topological polar surface area (TPSA) is 54.0 Å². The third-order valence-corrected chi connectivity index (χ3v) is 7.48. The Labute approximate surface area is 204 Å². The van der Waals surface area contributed by atoms with Crippen LogP contribution in [0.3, 0.4) is 0 Å².